The van der Waals surface area contributed by atoms with Crippen LogP contribution in [0, 0.1) is 0 Å². The summed E-state index contributed by atoms with van der Waals surface area (Å²) >= 11 is 5.35. The average Bonchev–Trinajstić information content (AvgIpc) is 2.39. The molecule has 3 nitrogen and oxygen atoms in total. The Morgan fingerprint density at radius 3 is 3.12 bits per heavy atom. The fourth-order valence-corrected chi connectivity index (χ4v) is 2.46. The van der Waals surface area contributed by atoms with Crippen LogP contribution in [0.2, 0.25) is 0 Å². The lowest BCUT2D eigenvalue weighted by atomic mass is 9.97. The normalized spacial score (nSPS) is 20.6. The lowest BCUT2D eigenvalue weighted by Crippen LogP contribution is -2.43. The Labute approximate surface area is 102 Å². The summed E-state index contributed by atoms with van der Waals surface area (Å²) in [6, 6.07) is 4.51. The number of rotatable bonds is 1. The number of nitrogens with one attached hydrogen (secondary N) is 1. The maximum atomic E-state index is 5.35. The quantitative estimate of drug-likeness (QED) is 0.755. The van der Waals surface area contributed by atoms with Crippen LogP contribution in [-0.4, -0.2) is 28.6 Å². The highest BCUT2D eigenvalue weighted by Crippen LogP contribution is 2.30. The van der Waals surface area contributed by atoms with E-state index in [9.17, 15) is 0 Å². The van der Waals surface area contributed by atoms with Crippen molar-refractivity contribution in [3.63, 3.8) is 0 Å². The first-order valence-corrected chi connectivity index (χ1v) is 6.12. The standard InChI is InChI=1S/C12H17N3S/c1-13-12(16)15-8-3-2-6-11(15)10-5-4-7-14-9-10/h4-5,7,9,11H,2-3,6,8H2,1H3,(H,13,16). The highest BCUT2D eigenvalue weighted by atomic mass is 32.1. The van der Waals surface area contributed by atoms with Gasteiger partial charge < -0.3 is 10.2 Å². The summed E-state index contributed by atoms with van der Waals surface area (Å²) in [5.74, 6) is 0. The van der Waals surface area contributed by atoms with Gasteiger partial charge in [0.2, 0.25) is 0 Å². The van der Waals surface area contributed by atoms with Crippen LogP contribution in [0.25, 0.3) is 0 Å². The fourth-order valence-electron chi connectivity index (χ4n) is 2.24. The van der Waals surface area contributed by atoms with Crippen molar-refractivity contribution in [3.8, 4) is 0 Å². The molecule has 0 saturated carbocycles. The Bertz CT molecular complexity index is 353. The maximum Gasteiger partial charge on any atom is 0.169 e. The lowest BCUT2D eigenvalue weighted by molar-refractivity contribution is 0.243. The summed E-state index contributed by atoms with van der Waals surface area (Å²) in [6.07, 6.45) is 7.41. The second-order valence-electron chi connectivity index (χ2n) is 4.05. The van der Waals surface area contributed by atoms with Gasteiger partial charge in [-0.3, -0.25) is 4.98 Å². The third-order valence-electron chi connectivity index (χ3n) is 3.05. The summed E-state index contributed by atoms with van der Waals surface area (Å²) in [7, 11) is 1.89. The van der Waals surface area contributed by atoms with Crippen molar-refractivity contribution >= 4 is 17.3 Å². The van der Waals surface area contributed by atoms with Crippen LogP contribution in [0.4, 0.5) is 0 Å². The minimum Gasteiger partial charge on any atom is -0.366 e. The van der Waals surface area contributed by atoms with Crippen molar-refractivity contribution in [3.05, 3.63) is 30.1 Å². The minimum atomic E-state index is 0.391. The van der Waals surface area contributed by atoms with E-state index in [1.54, 1.807) is 0 Å². The summed E-state index contributed by atoms with van der Waals surface area (Å²) in [4.78, 5) is 6.46. The lowest BCUT2D eigenvalue weighted by Gasteiger charge is -2.37. The van der Waals surface area contributed by atoms with Crippen molar-refractivity contribution in [1.82, 2.24) is 15.2 Å². The Morgan fingerprint density at radius 1 is 1.56 bits per heavy atom. The molecule has 0 radical (unpaired) electrons. The van der Waals surface area contributed by atoms with Crippen molar-refractivity contribution in [2.45, 2.75) is 25.3 Å². The molecule has 1 saturated heterocycles. The Kier molecular flexibility index (Phi) is 3.72. The number of thiocarbonyl (C=S) groups is 1. The van der Waals surface area contributed by atoms with Crippen molar-refractivity contribution < 1.29 is 0 Å². The van der Waals surface area contributed by atoms with Crippen LogP contribution < -0.4 is 5.32 Å². The van der Waals surface area contributed by atoms with Crippen molar-refractivity contribution in [2.24, 2.45) is 0 Å². The Balaban J connectivity index is 2.20. The number of hydrogen-bond acceptors (Lipinski definition) is 2. The van der Waals surface area contributed by atoms with Gasteiger partial charge in [-0.05, 0) is 43.1 Å². The number of nitrogens with zero attached hydrogens (tertiary/aromatic N) is 2. The van der Waals surface area contributed by atoms with Gasteiger partial charge in [-0.2, -0.15) is 0 Å². The minimum absolute atomic E-state index is 0.391. The molecule has 1 N–H and O–H groups in total. The van der Waals surface area contributed by atoms with Crippen LogP contribution in [0.15, 0.2) is 24.5 Å². The molecule has 0 spiro atoms. The molecule has 16 heavy (non-hydrogen) atoms. The number of piperidine rings is 1. The number of hydrogen-bond donors (Lipinski definition) is 1. The average molecular weight is 235 g/mol. The zero-order valence-corrected chi connectivity index (χ0v) is 10.3. The maximum absolute atomic E-state index is 5.35. The molecule has 2 rings (SSSR count). The molecule has 0 aliphatic carbocycles. The third-order valence-corrected chi connectivity index (χ3v) is 3.49. The first kappa shape index (κ1) is 11.3. The molecule has 1 aromatic rings. The molecule has 0 amide bonds. The van der Waals surface area contributed by atoms with Crippen LogP contribution >= 0.6 is 12.2 Å². The van der Waals surface area contributed by atoms with Crippen LogP contribution in [-0.2, 0) is 0 Å². The van der Waals surface area contributed by atoms with E-state index in [1.165, 1.54) is 18.4 Å². The molecule has 2 heterocycles. The zero-order chi connectivity index (χ0) is 11.4. The first-order chi connectivity index (χ1) is 7.83. The van der Waals surface area contributed by atoms with Gasteiger partial charge in [0.1, 0.15) is 0 Å². The fraction of sp³-hybridized carbons (Fsp3) is 0.500. The molecule has 0 bridgehead atoms. The van der Waals surface area contributed by atoms with E-state index in [0.29, 0.717) is 6.04 Å². The van der Waals surface area contributed by atoms with Gasteiger partial charge in [0.15, 0.2) is 5.11 Å². The molecule has 1 fully saturated rings. The molecular formula is C12H17N3S. The van der Waals surface area contributed by atoms with Gasteiger partial charge in [-0.25, -0.2) is 0 Å². The SMILES string of the molecule is CNC(=S)N1CCCCC1c1cccnc1. The zero-order valence-electron chi connectivity index (χ0n) is 9.52. The molecule has 0 aromatic carbocycles. The molecule has 1 aliphatic heterocycles. The number of aromatic nitrogens is 1. The summed E-state index contributed by atoms with van der Waals surface area (Å²) in [5.41, 5.74) is 1.26. The highest BCUT2D eigenvalue weighted by molar-refractivity contribution is 7.80. The molecule has 86 valence electrons. The van der Waals surface area contributed by atoms with E-state index >= 15 is 0 Å². The van der Waals surface area contributed by atoms with Gasteiger partial charge in [-0.15, -0.1) is 0 Å². The monoisotopic (exact) mass is 235 g/mol. The topological polar surface area (TPSA) is 28.2 Å². The largest absolute Gasteiger partial charge is 0.366 e. The van der Waals surface area contributed by atoms with Crippen molar-refractivity contribution in [2.75, 3.05) is 13.6 Å². The van der Waals surface area contributed by atoms with E-state index < -0.39 is 0 Å². The molecule has 1 atom stereocenters. The highest BCUT2D eigenvalue weighted by Gasteiger charge is 2.25. The smallest absolute Gasteiger partial charge is 0.169 e. The predicted molar refractivity (Wildman–Crippen MR) is 69.2 cm³/mol. The van der Waals surface area contributed by atoms with Gasteiger partial charge in [0, 0.05) is 26.0 Å². The molecular weight excluding hydrogens is 218 g/mol. The van der Waals surface area contributed by atoms with E-state index in [1.807, 2.05) is 25.5 Å². The summed E-state index contributed by atoms with van der Waals surface area (Å²) < 4.78 is 0. The molecule has 4 heteroatoms. The van der Waals surface area contributed by atoms with Crippen molar-refractivity contribution in [1.29, 1.82) is 0 Å². The molecule has 1 aliphatic rings. The number of likely N-dealkylation sites (tertiary alicyclic amines) is 1. The van der Waals surface area contributed by atoms with E-state index in [-0.39, 0.29) is 0 Å². The van der Waals surface area contributed by atoms with E-state index in [0.717, 1.165) is 18.1 Å². The summed E-state index contributed by atoms with van der Waals surface area (Å²) in [6.45, 7) is 1.04. The van der Waals surface area contributed by atoms with Crippen LogP contribution in [0.1, 0.15) is 30.9 Å². The second kappa shape index (κ2) is 5.25. The van der Waals surface area contributed by atoms with Gasteiger partial charge >= 0.3 is 0 Å². The Morgan fingerprint density at radius 2 is 2.44 bits per heavy atom. The first-order valence-electron chi connectivity index (χ1n) is 5.71. The van der Waals surface area contributed by atoms with Gasteiger partial charge in [-0.1, -0.05) is 6.07 Å². The second-order valence-corrected chi connectivity index (χ2v) is 4.43. The van der Waals surface area contributed by atoms with E-state index in [4.69, 9.17) is 12.2 Å². The van der Waals surface area contributed by atoms with Gasteiger partial charge in [0.25, 0.3) is 0 Å². The predicted octanol–water partition coefficient (Wildman–Crippen LogP) is 2.11. The molecule has 1 unspecified atom stereocenters. The Hall–Kier alpha value is -1.16. The van der Waals surface area contributed by atoms with Crippen LogP contribution in [0.3, 0.4) is 0 Å². The van der Waals surface area contributed by atoms with E-state index in [2.05, 4.69) is 21.3 Å². The third kappa shape index (κ3) is 2.32. The van der Waals surface area contributed by atoms with Gasteiger partial charge in [0.05, 0.1) is 6.04 Å². The molecule has 1 aromatic heterocycles. The van der Waals surface area contributed by atoms with Crippen LogP contribution in [0.5, 0.6) is 0 Å². The summed E-state index contributed by atoms with van der Waals surface area (Å²) in [5, 5.41) is 3.91. The number of pyridine rings is 1.